The first kappa shape index (κ1) is 18.3. The van der Waals surface area contributed by atoms with Crippen LogP contribution in [0.5, 0.6) is 5.75 Å². The molecular weight excluding hydrogens is 352 g/mol. The van der Waals surface area contributed by atoms with Crippen LogP contribution in [-0.2, 0) is 17.8 Å². The summed E-state index contributed by atoms with van der Waals surface area (Å²) in [6, 6.07) is 22.1. The van der Waals surface area contributed by atoms with E-state index >= 15 is 0 Å². The largest absolute Gasteiger partial charge is 0.497 e. The molecule has 3 aromatic rings. The lowest BCUT2D eigenvalue weighted by molar-refractivity contribution is -0.122. The Morgan fingerprint density at radius 3 is 2.68 bits per heavy atom. The minimum atomic E-state index is 0.0871. The molecule has 1 atom stereocenters. The molecule has 1 saturated heterocycles. The summed E-state index contributed by atoms with van der Waals surface area (Å²) in [5.74, 6) is 1.72. The Balaban J connectivity index is 1.59. The van der Waals surface area contributed by atoms with Crippen LogP contribution in [0.2, 0.25) is 0 Å². The third-order valence-electron chi connectivity index (χ3n) is 5.17. The van der Waals surface area contributed by atoms with Gasteiger partial charge in [0.1, 0.15) is 11.5 Å². The first-order chi connectivity index (χ1) is 13.7. The maximum atomic E-state index is 12.9. The summed E-state index contributed by atoms with van der Waals surface area (Å²) in [6.07, 6.45) is 2.55. The number of methoxy groups -OCH3 is 1. The van der Waals surface area contributed by atoms with Crippen LogP contribution in [0.1, 0.15) is 11.3 Å². The molecule has 1 aliphatic heterocycles. The summed E-state index contributed by atoms with van der Waals surface area (Å²) >= 11 is 0. The molecule has 0 spiro atoms. The van der Waals surface area contributed by atoms with E-state index in [2.05, 4.69) is 29.2 Å². The second kappa shape index (κ2) is 8.31. The Morgan fingerprint density at radius 1 is 1.07 bits per heavy atom. The molecule has 1 unspecified atom stereocenters. The van der Waals surface area contributed by atoms with Crippen molar-refractivity contribution in [3.63, 3.8) is 0 Å². The maximum Gasteiger partial charge on any atom is 0.241 e. The lowest BCUT2D eigenvalue weighted by Crippen LogP contribution is -2.56. The fraction of sp³-hybridized carbons (Fsp3) is 0.261. The SMILES string of the molecule is COc1cccc(N2CC(Cc3ccccc3)N(Cc3ccco3)CC2=O)c1. The number of hydrogen-bond donors (Lipinski definition) is 0. The number of carbonyl (C=O) groups is 1. The van der Waals surface area contributed by atoms with E-state index in [1.54, 1.807) is 13.4 Å². The van der Waals surface area contributed by atoms with Gasteiger partial charge in [-0.25, -0.2) is 0 Å². The van der Waals surface area contributed by atoms with Crippen molar-refractivity contribution in [2.45, 2.75) is 19.0 Å². The van der Waals surface area contributed by atoms with E-state index in [9.17, 15) is 4.79 Å². The number of rotatable bonds is 6. The van der Waals surface area contributed by atoms with Gasteiger partial charge in [-0.15, -0.1) is 0 Å². The fourth-order valence-corrected chi connectivity index (χ4v) is 3.71. The van der Waals surface area contributed by atoms with E-state index in [4.69, 9.17) is 9.15 Å². The highest BCUT2D eigenvalue weighted by Crippen LogP contribution is 2.26. The summed E-state index contributed by atoms with van der Waals surface area (Å²) in [6.45, 7) is 1.61. The predicted octanol–water partition coefficient (Wildman–Crippen LogP) is 3.75. The van der Waals surface area contributed by atoms with Crippen LogP contribution in [0, 0.1) is 0 Å². The van der Waals surface area contributed by atoms with E-state index in [1.165, 1.54) is 5.56 Å². The molecule has 1 aliphatic rings. The summed E-state index contributed by atoms with van der Waals surface area (Å²) in [5, 5.41) is 0. The molecule has 2 heterocycles. The van der Waals surface area contributed by atoms with E-state index in [0.29, 0.717) is 19.6 Å². The first-order valence-electron chi connectivity index (χ1n) is 9.47. The minimum absolute atomic E-state index is 0.0871. The van der Waals surface area contributed by atoms with Crippen LogP contribution in [0.15, 0.2) is 77.4 Å². The maximum absolute atomic E-state index is 12.9. The lowest BCUT2D eigenvalue weighted by Gasteiger charge is -2.41. The van der Waals surface area contributed by atoms with E-state index in [0.717, 1.165) is 23.6 Å². The molecule has 0 bridgehead atoms. The van der Waals surface area contributed by atoms with Crippen molar-refractivity contribution in [3.05, 3.63) is 84.3 Å². The molecule has 4 rings (SSSR count). The van der Waals surface area contributed by atoms with Crippen LogP contribution in [-0.4, -0.2) is 37.0 Å². The highest BCUT2D eigenvalue weighted by Gasteiger charge is 2.33. The standard InChI is InChI=1S/C23H24N2O3/c1-27-21-10-5-9-19(14-21)25-15-20(13-18-7-3-2-4-8-18)24(17-23(25)26)16-22-11-6-12-28-22/h2-12,14,20H,13,15-17H2,1H3. The first-order valence-corrected chi connectivity index (χ1v) is 9.47. The smallest absolute Gasteiger partial charge is 0.241 e. The Labute approximate surface area is 165 Å². The molecule has 0 N–H and O–H groups in total. The highest BCUT2D eigenvalue weighted by molar-refractivity contribution is 5.95. The lowest BCUT2D eigenvalue weighted by atomic mass is 10.0. The number of hydrogen-bond acceptors (Lipinski definition) is 4. The number of piperazine rings is 1. The molecule has 5 heteroatoms. The molecule has 0 saturated carbocycles. The molecule has 1 aromatic heterocycles. The molecule has 1 fully saturated rings. The molecule has 2 aromatic carbocycles. The third kappa shape index (κ3) is 4.10. The van der Waals surface area contributed by atoms with Gasteiger partial charge in [0.2, 0.25) is 5.91 Å². The number of anilines is 1. The molecule has 1 amide bonds. The van der Waals surface area contributed by atoms with Crippen molar-refractivity contribution < 1.29 is 13.9 Å². The van der Waals surface area contributed by atoms with Crippen molar-refractivity contribution in [3.8, 4) is 5.75 Å². The second-order valence-electron chi connectivity index (χ2n) is 7.03. The van der Waals surface area contributed by atoms with Gasteiger partial charge >= 0.3 is 0 Å². The summed E-state index contributed by atoms with van der Waals surface area (Å²) in [7, 11) is 1.64. The third-order valence-corrected chi connectivity index (χ3v) is 5.17. The Hall–Kier alpha value is -3.05. The van der Waals surface area contributed by atoms with Gasteiger partial charge in [0, 0.05) is 24.3 Å². The summed E-state index contributed by atoms with van der Waals surface area (Å²) in [5.41, 5.74) is 2.14. The molecule has 0 aliphatic carbocycles. The normalized spacial score (nSPS) is 17.7. The molecular formula is C23H24N2O3. The fourth-order valence-electron chi connectivity index (χ4n) is 3.71. The zero-order valence-electron chi connectivity index (χ0n) is 16.0. The van der Waals surface area contributed by atoms with Crippen molar-refractivity contribution in [2.24, 2.45) is 0 Å². The molecule has 28 heavy (non-hydrogen) atoms. The zero-order valence-corrected chi connectivity index (χ0v) is 16.0. The zero-order chi connectivity index (χ0) is 19.3. The van der Waals surface area contributed by atoms with Gasteiger partial charge in [-0.2, -0.15) is 0 Å². The molecule has 144 valence electrons. The van der Waals surface area contributed by atoms with Gasteiger partial charge in [-0.05, 0) is 36.2 Å². The van der Waals surface area contributed by atoms with Crippen LogP contribution in [0.4, 0.5) is 5.69 Å². The number of amides is 1. The van der Waals surface area contributed by atoms with Gasteiger partial charge in [-0.1, -0.05) is 36.4 Å². The average molecular weight is 376 g/mol. The number of ether oxygens (including phenoxy) is 1. The van der Waals surface area contributed by atoms with E-state index < -0.39 is 0 Å². The summed E-state index contributed by atoms with van der Waals surface area (Å²) < 4.78 is 10.9. The summed E-state index contributed by atoms with van der Waals surface area (Å²) in [4.78, 5) is 17.0. The number of carbonyl (C=O) groups excluding carboxylic acids is 1. The van der Waals surface area contributed by atoms with E-state index in [1.807, 2.05) is 47.4 Å². The van der Waals surface area contributed by atoms with Crippen molar-refractivity contribution >= 4 is 11.6 Å². The van der Waals surface area contributed by atoms with Gasteiger partial charge < -0.3 is 14.1 Å². The van der Waals surface area contributed by atoms with Crippen LogP contribution < -0.4 is 9.64 Å². The molecule has 5 nitrogen and oxygen atoms in total. The topological polar surface area (TPSA) is 45.9 Å². The quantitative estimate of drug-likeness (QED) is 0.657. The Morgan fingerprint density at radius 2 is 1.93 bits per heavy atom. The minimum Gasteiger partial charge on any atom is -0.497 e. The number of benzene rings is 2. The molecule has 0 radical (unpaired) electrons. The number of furan rings is 1. The van der Waals surface area contributed by atoms with Gasteiger partial charge in [0.25, 0.3) is 0 Å². The van der Waals surface area contributed by atoms with Crippen molar-refractivity contribution in [1.29, 1.82) is 0 Å². The predicted molar refractivity (Wildman–Crippen MR) is 108 cm³/mol. The van der Waals surface area contributed by atoms with Gasteiger partial charge in [-0.3, -0.25) is 9.69 Å². The van der Waals surface area contributed by atoms with Crippen LogP contribution in [0.3, 0.4) is 0 Å². The Kier molecular flexibility index (Phi) is 5.44. The monoisotopic (exact) mass is 376 g/mol. The van der Waals surface area contributed by atoms with Crippen molar-refractivity contribution in [2.75, 3.05) is 25.1 Å². The van der Waals surface area contributed by atoms with Crippen LogP contribution in [0.25, 0.3) is 0 Å². The van der Waals surface area contributed by atoms with E-state index in [-0.39, 0.29) is 11.9 Å². The second-order valence-corrected chi connectivity index (χ2v) is 7.03. The van der Waals surface area contributed by atoms with Crippen LogP contribution >= 0.6 is 0 Å². The average Bonchev–Trinajstić information content (AvgIpc) is 3.24. The number of nitrogens with zero attached hydrogens (tertiary/aromatic N) is 2. The van der Waals surface area contributed by atoms with Crippen molar-refractivity contribution in [1.82, 2.24) is 4.90 Å². The Bertz CT molecular complexity index is 909. The van der Waals surface area contributed by atoms with Gasteiger partial charge in [0.05, 0.1) is 26.5 Å². The van der Waals surface area contributed by atoms with Gasteiger partial charge in [0.15, 0.2) is 0 Å². The highest BCUT2D eigenvalue weighted by atomic mass is 16.5.